The van der Waals surface area contributed by atoms with Crippen molar-refractivity contribution in [3.05, 3.63) is 147 Å². The molecule has 2 fully saturated rings. The molecule has 36 heteroatoms. The molecule has 18 atom stereocenters. The van der Waals surface area contributed by atoms with Gasteiger partial charge in [-0.15, -0.1) is 0 Å². The number of phenolic OH excluding ortho intramolecular Hbond substituents is 3. The molecule has 0 aliphatic carbocycles. The first-order valence-corrected chi connectivity index (χ1v) is 35.3. The second-order valence-corrected chi connectivity index (χ2v) is 28.7. The van der Waals surface area contributed by atoms with E-state index >= 15 is 14.4 Å². The minimum Gasteiger partial charge on any atom is -0.508 e. The van der Waals surface area contributed by atoms with Crippen molar-refractivity contribution in [1.82, 2.24) is 42.5 Å². The van der Waals surface area contributed by atoms with Crippen molar-refractivity contribution >= 4 is 70.5 Å². The summed E-state index contributed by atoms with van der Waals surface area (Å²) in [5, 5.41) is 136. The van der Waals surface area contributed by atoms with Crippen LogP contribution < -0.4 is 67.0 Å². The summed E-state index contributed by atoms with van der Waals surface area (Å²) in [5.74, 6) is -16.0. The Morgan fingerprint density at radius 1 is 0.716 bits per heavy atom. The molecule has 13 rings (SSSR count). The number of pyridine rings is 1. The number of rotatable bonds is 16. The maximum absolute atomic E-state index is 16.1. The summed E-state index contributed by atoms with van der Waals surface area (Å²) in [6.07, 6.45) is -14.8. The van der Waals surface area contributed by atoms with Gasteiger partial charge in [0.15, 0.2) is 42.3 Å². The van der Waals surface area contributed by atoms with Crippen LogP contribution in [0.1, 0.15) is 111 Å². The van der Waals surface area contributed by atoms with Gasteiger partial charge in [0.2, 0.25) is 53.4 Å². The van der Waals surface area contributed by atoms with Gasteiger partial charge in [0.1, 0.15) is 96.5 Å². The number of amides is 7. The third-order valence-electron chi connectivity index (χ3n) is 19.5. The van der Waals surface area contributed by atoms with Crippen LogP contribution in [-0.4, -0.2) is 191 Å². The number of nitrogens with two attached hydrogens (primary N) is 1. The average Bonchev–Trinajstić information content (AvgIpc) is 0.794. The van der Waals surface area contributed by atoms with Crippen molar-refractivity contribution in [2.75, 3.05) is 13.7 Å². The van der Waals surface area contributed by atoms with Gasteiger partial charge in [0, 0.05) is 53.4 Å². The van der Waals surface area contributed by atoms with Crippen molar-refractivity contribution in [2.45, 2.75) is 163 Å². The molecule has 8 heterocycles. The van der Waals surface area contributed by atoms with E-state index in [9.17, 15) is 75.0 Å². The molecule has 20 N–H and O–H groups in total. The van der Waals surface area contributed by atoms with E-state index in [0.717, 1.165) is 72.3 Å². The van der Waals surface area contributed by atoms with Gasteiger partial charge in [-0.2, -0.15) is 0 Å². The van der Waals surface area contributed by atoms with Crippen LogP contribution in [0.4, 0.5) is 0 Å². The molecule has 0 spiro atoms. The number of aromatic nitrogens is 1. The van der Waals surface area contributed by atoms with Gasteiger partial charge in [0.05, 0.1) is 41.3 Å². The summed E-state index contributed by atoms with van der Waals surface area (Å²) in [7, 11) is 3.32. The van der Waals surface area contributed by atoms with Crippen molar-refractivity contribution in [2.24, 2.45) is 18.7 Å². The highest BCUT2D eigenvalue weighted by atomic mass is 35.5. The van der Waals surface area contributed by atoms with E-state index in [0.29, 0.717) is 0 Å². The fourth-order valence-electron chi connectivity index (χ4n) is 13.6. The summed E-state index contributed by atoms with van der Waals surface area (Å²) in [6.45, 7) is 6.20. The van der Waals surface area contributed by atoms with Crippen molar-refractivity contribution in [3.8, 4) is 57.1 Å². The number of hydrogen-bond donors (Lipinski definition) is 19. The lowest BCUT2D eigenvalue weighted by Crippen LogP contribution is -2.65. The summed E-state index contributed by atoms with van der Waals surface area (Å²) < 4.78 is 41.1. The highest BCUT2D eigenvalue weighted by Crippen LogP contribution is 2.50. The zero-order valence-electron chi connectivity index (χ0n) is 59.2. The number of aliphatic carboxylic acids is 1. The van der Waals surface area contributed by atoms with Crippen LogP contribution in [0.2, 0.25) is 10.0 Å². The maximum Gasteiger partial charge on any atom is 0.330 e. The molecule has 109 heavy (non-hydrogen) atoms. The minimum absolute atomic E-state index is 0.101. The Hall–Kier alpha value is -10.0. The number of aliphatic hydroxyl groups is 6. The quantitative estimate of drug-likeness (QED) is 0.0595. The lowest BCUT2D eigenvalue weighted by atomic mass is 9.84. The normalized spacial score (nSPS) is 28.1. The molecule has 582 valence electrons. The van der Waals surface area contributed by atoms with E-state index in [2.05, 4.69) is 42.5 Å². The largest absolute Gasteiger partial charge is 0.508 e. The van der Waals surface area contributed by atoms with Crippen molar-refractivity contribution < 1.29 is 122 Å². The van der Waals surface area contributed by atoms with Crippen molar-refractivity contribution in [3.63, 3.8) is 0 Å². The fraction of sp³-hybridized carbons (Fsp3) is 0.411. The van der Waals surface area contributed by atoms with E-state index in [1.54, 1.807) is 13.8 Å². The predicted molar refractivity (Wildman–Crippen MR) is 380 cm³/mol. The number of carboxylic acid groups (broad SMARTS) is 1. The summed E-state index contributed by atoms with van der Waals surface area (Å²) in [4.78, 5) is 118. The topological polar surface area (TPSA) is 520 Å². The van der Waals surface area contributed by atoms with Gasteiger partial charge in [-0.05, 0) is 116 Å². The van der Waals surface area contributed by atoms with Crippen LogP contribution in [0.25, 0.3) is 11.1 Å². The van der Waals surface area contributed by atoms with Crippen LogP contribution >= 0.6 is 23.2 Å². The van der Waals surface area contributed by atoms with Crippen LogP contribution in [-0.2, 0) is 66.2 Å². The number of primary amides is 1. The van der Waals surface area contributed by atoms with Gasteiger partial charge < -0.3 is 128 Å². The number of nitrogens with one attached hydrogen (secondary N) is 8. The fourth-order valence-corrected chi connectivity index (χ4v) is 14.0. The molecule has 0 radical (unpaired) electrons. The molecule has 7 amide bonds. The number of aliphatic hydroxyl groups excluding tert-OH is 6. The number of phenols is 3. The van der Waals surface area contributed by atoms with Crippen LogP contribution in [0, 0.1) is 5.92 Å². The number of carboxylic acids is 1. The molecule has 5 aromatic carbocycles. The van der Waals surface area contributed by atoms with Crippen molar-refractivity contribution in [1.29, 1.82) is 0 Å². The third kappa shape index (κ3) is 17.4. The van der Waals surface area contributed by atoms with E-state index in [1.165, 1.54) is 19.2 Å². The number of carbonyl (C=O) groups excluding carboxylic acids is 7. The average molecular weight is 1560 g/mol. The molecule has 11 bridgehead atoms. The Morgan fingerprint density at radius 2 is 1.33 bits per heavy atom. The number of fused-ring (bicyclic) bond motifs is 15. The van der Waals surface area contributed by atoms with E-state index in [-0.39, 0.29) is 52.8 Å². The Kier molecular flexibility index (Phi) is 24.2. The SMILES string of the molecule is CN[C@H](CC(C)C)C(=O)N[C@H]1C(=O)N[C@@H](CC(N)=O)C(=O)N[C@H]2C(=O)N[C@H]3C(=O)N[C@H](C(=O)N[C@H](C(=O)O)c4cc(O)cc(O)c4-c4cc3ccc4O)[C@H](O)c3ccc(c(Cl)c3)Oc3cc2cc(c3O[C@H]2O[C@H](CO)[C@H](O)C(O)C2O[C@H]2C[C@@](C)(NCc3cc[n+](C)cc3)[C@H](O)C(C)O2)Oc2ccc(cc2Cl)[C@H]1O. The van der Waals surface area contributed by atoms with Gasteiger partial charge in [0.25, 0.3) is 0 Å². The highest BCUT2D eigenvalue weighted by Gasteiger charge is 2.52. The van der Waals surface area contributed by atoms with E-state index in [4.69, 9.17) is 57.4 Å². The molecular weight excluding hydrogens is 1470 g/mol. The Balaban J connectivity index is 1.14. The first-order chi connectivity index (χ1) is 51.6. The number of ether oxygens (including phenoxy) is 6. The second-order valence-electron chi connectivity index (χ2n) is 27.9. The van der Waals surface area contributed by atoms with Gasteiger partial charge in [-0.1, -0.05) is 55.2 Å². The summed E-state index contributed by atoms with van der Waals surface area (Å²) in [5.41, 5.74) is 2.59. The molecular formula is C73H83Cl2N10O24+. The number of hydrogen-bond acceptors (Lipinski definition) is 25. The van der Waals surface area contributed by atoms with Crippen LogP contribution in [0.5, 0.6) is 46.0 Å². The number of halogens is 2. The monoisotopic (exact) mass is 1550 g/mol. The van der Waals surface area contributed by atoms with E-state index in [1.807, 2.05) is 50.0 Å². The summed E-state index contributed by atoms with van der Waals surface area (Å²) >= 11 is 14.2. The molecule has 7 aliphatic heterocycles. The zero-order chi connectivity index (χ0) is 78.9. The molecule has 1 aromatic heterocycles. The number of aryl methyl sites for hydroxylation is 1. The standard InChI is InChI=1S/C73H82Cl2N10O24/c1-29(2)17-41(77-5)65(96)83-56-58(91)33-8-11-45(39(74)19-33)105-47-21-35-22-48(62(47)109-72-63(61(94)60(93)49(28-86)107-72)108-51-26-73(4,64(95)30(3)104-51)78-27-31-13-15-85(6)16-14-31)106-46-12-9-34(20-40(46)75)59(92)57-70(101)82-55(71(102)103)38-23-36(87)24-44(89)52(38)37-18-32(7-10-43(37)88)53(67(98)84-57)81-68(99)54(35)80-66(97)42(25-50(76)90)79-69(56)100/h7-16,18-24,29-30,41-42,49,51,53-61,63-64,72,77-78,86,91-95H,17,25-28H2,1-6H3,(H11-,76,79,80,81,82,83,84,87,88,89,90,96,97,98,99,100,101,102,103)/p+1/t30?,41-,42+,49-,51+,53-,54-,55+,56-,57+,58-,59-,60+,61?,63?,64-,72-,73-/m1/s1. The molecule has 3 unspecified atom stereocenters. The molecule has 2 saturated heterocycles. The first kappa shape index (κ1) is 80.0. The van der Waals surface area contributed by atoms with Gasteiger partial charge in [-0.3, -0.25) is 33.6 Å². The zero-order valence-corrected chi connectivity index (χ0v) is 60.7. The first-order valence-electron chi connectivity index (χ1n) is 34.5. The summed E-state index contributed by atoms with van der Waals surface area (Å²) in [6, 6.07) is 3.15. The number of carbonyl (C=O) groups is 8. The molecule has 6 aromatic rings. The Labute approximate surface area is 631 Å². The highest BCUT2D eigenvalue weighted by molar-refractivity contribution is 6.32. The smallest absolute Gasteiger partial charge is 0.330 e. The van der Waals surface area contributed by atoms with E-state index < -0.39 is 237 Å². The van der Waals surface area contributed by atoms with Gasteiger partial charge in [-0.25, -0.2) is 9.36 Å². The molecule has 0 saturated carbocycles. The third-order valence-corrected chi connectivity index (χ3v) is 20.1. The predicted octanol–water partition coefficient (Wildman–Crippen LogP) is 0.762. The Bertz CT molecular complexity index is 4500. The van der Waals surface area contributed by atoms with Crippen LogP contribution in [0.3, 0.4) is 0 Å². The lowest BCUT2D eigenvalue weighted by molar-refractivity contribution is -0.671. The minimum atomic E-state index is -2.35. The number of aromatic hydroxyl groups is 3. The number of nitrogens with zero attached hydrogens (tertiary/aromatic N) is 1. The van der Waals surface area contributed by atoms with Gasteiger partial charge >= 0.3 is 5.97 Å². The number of likely N-dealkylation sites (N-methyl/N-ethyl adjacent to an activating group) is 1. The van der Waals surface area contributed by atoms with Crippen LogP contribution in [0.15, 0.2) is 103 Å². The maximum atomic E-state index is 16.1. The Morgan fingerprint density at radius 3 is 1.94 bits per heavy atom. The second kappa shape index (κ2) is 33.0. The lowest BCUT2D eigenvalue weighted by Gasteiger charge is -2.48. The molecule has 7 aliphatic rings. The number of benzene rings is 5. The molecule has 34 nitrogen and oxygen atoms in total.